The first-order valence-electron chi connectivity index (χ1n) is 7.97. The summed E-state index contributed by atoms with van der Waals surface area (Å²) < 4.78 is 5.31. The Kier molecular flexibility index (Phi) is 3.31. The molecular weight excluding hydrogens is 284 g/mol. The number of carbonyl (C=O) groups excluding carboxylic acids is 1. The maximum absolute atomic E-state index is 11.5. The molecule has 0 radical (unpaired) electrons. The van der Waals surface area contributed by atoms with Gasteiger partial charge in [-0.25, -0.2) is 0 Å². The molecule has 3 aliphatic carbocycles. The Balaban J connectivity index is 2.02. The van der Waals surface area contributed by atoms with Gasteiger partial charge in [-0.15, -0.1) is 0 Å². The van der Waals surface area contributed by atoms with Gasteiger partial charge in [0.2, 0.25) is 0 Å². The zero-order chi connectivity index (χ0) is 16.5. The second-order valence-electron chi connectivity index (χ2n) is 8.06. The lowest BCUT2D eigenvalue weighted by Crippen LogP contribution is -2.48. The Bertz CT molecular complexity index is 531. The Hall–Kier alpha value is -0.910. The van der Waals surface area contributed by atoms with E-state index < -0.39 is 28.6 Å². The molecule has 3 saturated carbocycles. The van der Waals surface area contributed by atoms with Crippen LogP contribution in [-0.2, 0) is 9.53 Å². The quantitative estimate of drug-likeness (QED) is 0.523. The zero-order valence-electron chi connectivity index (χ0n) is 13.5. The number of aliphatic hydroxyl groups excluding tert-OH is 2. The molecule has 5 nitrogen and oxygen atoms in total. The Morgan fingerprint density at radius 1 is 1.41 bits per heavy atom. The number of ether oxygens (including phenoxy) is 1. The fraction of sp³-hybridized carbons (Fsp3) is 0.824. The summed E-state index contributed by atoms with van der Waals surface area (Å²) in [4.78, 5) is 11.3. The molecule has 0 aromatic rings. The average molecular weight is 310 g/mol. The summed E-state index contributed by atoms with van der Waals surface area (Å²) in [5.74, 6) is -0.764. The number of carbonyl (C=O) groups is 1. The van der Waals surface area contributed by atoms with Crippen molar-refractivity contribution in [3.63, 3.8) is 0 Å². The van der Waals surface area contributed by atoms with Gasteiger partial charge in [0, 0.05) is 24.9 Å². The molecule has 0 spiro atoms. The Morgan fingerprint density at radius 2 is 2.05 bits per heavy atom. The molecule has 5 heteroatoms. The summed E-state index contributed by atoms with van der Waals surface area (Å²) in [5.41, 5.74) is -1.67. The van der Waals surface area contributed by atoms with Crippen molar-refractivity contribution in [3.8, 4) is 0 Å². The molecule has 0 bridgehead atoms. The summed E-state index contributed by atoms with van der Waals surface area (Å²) in [5, 5.41) is 31.9. The Labute approximate surface area is 131 Å². The van der Waals surface area contributed by atoms with Gasteiger partial charge in [-0.2, -0.15) is 0 Å². The highest BCUT2D eigenvalue weighted by Crippen LogP contribution is 2.71. The smallest absolute Gasteiger partial charge is 0.303 e. The van der Waals surface area contributed by atoms with Gasteiger partial charge in [0.1, 0.15) is 6.10 Å². The molecule has 3 N–H and O–H groups in total. The van der Waals surface area contributed by atoms with E-state index in [0.717, 1.165) is 0 Å². The van der Waals surface area contributed by atoms with E-state index >= 15 is 0 Å². The van der Waals surface area contributed by atoms with Crippen molar-refractivity contribution < 1.29 is 24.9 Å². The minimum Gasteiger partial charge on any atom is -0.458 e. The van der Waals surface area contributed by atoms with Crippen molar-refractivity contribution in [1.29, 1.82) is 0 Å². The third kappa shape index (κ3) is 1.73. The minimum absolute atomic E-state index is 0.0924. The lowest BCUT2D eigenvalue weighted by Gasteiger charge is -2.43. The third-order valence-corrected chi connectivity index (χ3v) is 6.60. The predicted molar refractivity (Wildman–Crippen MR) is 79.8 cm³/mol. The normalized spacial score (nSPS) is 53.5. The van der Waals surface area contributed by atoms with Crippen molar-refractivity contribution in [2.75, 3.05) is 6.61 Å². The van der Waals surface area contributed by atoms with E-state index in [1.165, 1.54) is 6.92 Å². The SMILES string of the molecule is C=C1C(OC(C)=O)CC2CC3(C)C(O)CC(C)(CO)C3C12O. The fourth-order valence-electron chi connectivity index (χ4n) is 5.84. The summed E-state index contributed by atoms with van der Waals surface area (Å²) >= 11 is 0. The van der Waals surface area contributed by atoms with E-state index in [2.05, 4.69) is 6.58 Å². The largest absolute Gasteiger partial charge is 0.458 e. The minimum atomic E-state index is -1.19. The summed E-state index contributed by atoms with van der Waals surface area (Å²) in [6.07, 6.45) is 0.629. The first-order valence-corrected chi connectivity index (χ1v) is 7.97. The number of aliphatic hydroxyl groups is 3. The fourth-order valence-corrected chi connectivity index (χ4v) is 5.84. The van der Waals surface area contributed by atoms with Crippen molar-refractivity contribution in [2.24, 2.45) is 22.7 Å². The van der Waals surface area contributed by atoms with Gasteiger partial charge in [-0.3, -0.25) is 4.79 Å². The second-order valence-corrected chi connectivity index (χ2v) is 8.06. The van der Waals surface area contributed by atoms with Crippen LogP contribution in [0.4, 0.5) is 0 Å². The van der Waals surface area contributed by atoms with Crippen LogP contribution in [0.2, 0.25) is 0 Å². The molecule has 0 aromatic heterocycles. The maximum Gasteiger partial charge on any atom is 0.303 e. The lowest BCUT2D eigenvalue weighted by atomic mass is 9.65. The monoisotopic (exact) mass is 310 g/mol. The zero-order valence-corrected chi connectivity index (χ0v) is 13.5. The molecule has 3 aliphatic rings. The molecule has 22 heavy (non-hydrogen) atoms. The van der Waals surface area contributed by atoms with Crippen LogP contribution >= 0.6 is 0 Å². The van der Waals surface area contributed by atoms with Crippen molar-refractivity contribution >= 4 is 5.97 Å². The van der Waals surface area contributed by atoms with E-state index in [1.807, 2.05) is 13.8 Å². The number of hydrogen-bond acceptors (Lipinski definition) is 5. The standard InChI is InChI=1S/C17H26O5/c1-9-12(22-10(2)19)5-11-6-16(4)13(20)7-15(3,8-18)14(16)17(9,11)21/h11-14,18,20-21H,1,5-8H2,2-4H3. The number of rotatable bonds is 2. The highest BCUT2D eigenvalue weighted by atomic mass is 16.5. The summed E-state index contributed by atoms with van der Waals surface area (Å²) in [6.45, 7) is 9.20. The van der Waals surface area contributed by atoms with E-state index in [-0.39, 0.29) is 24.4 Å². The first kappa shape index (κ1) is 16.0. The van der Waals surface area contributed by atoms with Crippen LogP contribution in [0.5, 0.6) is 0 Å². The molecule has 7 unspecified atom stereocenters. The van der Waals surface area contributed by atoms with Crippen LogP contribution < -0.4 is 0 Å². The van der Waals surface area contributed by atoms with Crippen LogP contribution in [0.15, 0.2) is 12.2 Å². The van der Waals surface area contributed by atoms with Gasteiger partial charge in [-0.05, 0) is 36.2 Å². The van der Waals surface area contributed by atoms with Crippen LogP contribution in [0.25, 0.3) is 0 Å². The Morgan fingerprint density at radius 3 is 2.59 bits per heavy atom. The van der Waals surface area contributed by atoms with Crippen LogP contribution in [-0.4, -0.2) is 45.7 Å². The van der Waals surface area contributed by atoms with Crippen LogP contribution in [0.3, 0.4) is 0 Å². The topological polar surface area (TPSA) is 87.0 Å². The van der Waals surface area contributed by atoms with Crippen molar-refractivity contribution in [3.05, 3.63) is 12.2 Å². The van der Waals surface area contributed by atoms with Gasteiger partial charge >= 0.3 is 5.97 Å². The first-order chi connectivity index (χ1) is 10.1. The molecule has 3 rings (SSSR count). The van der Waals surface area contributed by atoms with Gasteiger partial charge in [-0.1, -0.05) is 20.4 Å². The van der Waals surface area contributed by atoms with Crippen LogP contribution in [0.1, 0.15) is 40.0 Å². The van der Waals surface area contributed by atoms with Crippen LogP contribution in [0, 0.1) is 22.7 Å². The molecule has 0 aromatic carbocycles. The molecule has 3 fully saturated rings. The molecule has 0 heterocycles. The van der Waals surface area contributed by atoms with Crippen molar-refractivity contribution in [2.45, 2.75) is 57.8 Å². The summed E-state index contributed by atoms with van der Waals surface area (Å²) in [7, 11) is 0. The molecule has 0 aliphatic heterocycles. The van der Waals surface area contributed by atoms with Gasteiger partial charge in [0.15, 0.2) is 0 Å². The van der Waals surface area contributed by atoms with E-state index in [4.69, 9.17) is 4.74 Å². The van der Waals surface area contributed by atoms with E-state index in [9.17, 15) is 20.1 Å². The molecule has 124 valence electrons. The molecule has 0 amide bonds. The van der Waals surface area contributed by atoms with E-state index in [1.54, 1.807) is 0 Å². The van der Waals surface area contributed by atoms with Crippen molar-refractivity contribution in [1.82, 2.24) is 0 Å². The average Bonchev–Trinajstić information content (AvgIpc) is 2.86. The number of fused-ring (bicyclic) bond motifs is 3. The van der Waals surface area contributed by atoms with E-state index in [0.29, 0.717) is 24.8 Å². The summed E-state index contributed by atoms with van der Waals surface area (Å²) in [6, 6.07) is 0. The van der Waals surface area contributed by atoms with Gasteiger partial charge in [0.05, 0.1) is 11.7 Å². The molecule has 0 saturated heterocycles. The number of esters is 1. The highest BCUT2D eigenvalue weighted by Gasteiger charge is 2.74. The highest BCUT2D eigenvalue weighted by molar-refractivity contribution is 5.66. The van der Waals surface area contributed by atoms with Gasteiger partial charge in [0.25, 0.3) is 0 Å². The maximum atomic E-state index is 11.5. The predicted octanol–water partition coefficient (Wildman–Crippen LogP) is 1.01. The third-order valence-electron chi connectivity index (χ3n) is 6.60. The lowest BCUT2D eigenvalue weighted by molar-refractivity contribution is -0.144. The molecular formula is C17H26O5. The second kappa shape index (κ2) is 4.56. The number of hydrogen-bond donors (Lipinski definition) is 3. The van der Waals surface area contributed by atoms with Gasteiger partial charge < -0.3 is 20.1 Å². The molecule has 7 atom stereocenters.